The zero-order valence-corrected chi connectivity index (χ0v) is 24.5. The molecule has 0 aromatic heterocycles. The van der Waals surface area contributed by atoms with Crippen molar-refractivity contribution in [2.24, 2.45) is 10.8 Å². The largest absolute Gasteiger partial charge is 0.637 e. The van der Waals surface area contributed by atoms with Crippen LogP contribution in [0.5, 0.6) is 0 Å². The Balaban J connectivity index is 1.27. The summed E-state index contributed by atoms with van der Waals surface area (Å²) in [6.07, 6.45) is 13.2. The Morgan fingerprint density at radius 3 is 1.41 bits per heavy atom. The lowest BCUT2D eigenvalue weighted by molar-refractivity contribution is -0.238. The van der Waals surface area contributed by atoms with Crippen LogP contribution in [0.3, 0.4) is 0 Å². The van der Waals surface area contributed by atoms with Crippen molar-refractivity contribution in [2.45, 2.75) is 101 Å². The summed E-state index contributed by atoms with van der Waals surface area (Å²) in [6.45, 7) is 0.372. The van der Waals surface area contributed by atoms with E-state index in [0.717, 1.165) is 87.7 Å². The van der Waals surface area contributed by atoms with Crippen molar-refractivity contribution < 1.29 is 18.8 Å². The number of rotatable bonds is 4. The van der Waals surface area contributed by atoms with Crippen LogP contribution in [0.1, 0.15) is 77.0 Å². The topological polar surface area (TPSA) is 71.1 Å². The summed E-state index contributed by atoms with van der Waals surface area (Å²) < 4.78 is 18.1. The van der Waals surface area contributed by atoms with E-state index in [2.05, 4.69) is 9.34 Å². The van der Waals surface area contributed by atoms with E-state index >= 15 is 9.79 Å². The molecule has 2 aromatic rings. The van der Waals surface area contributed by atoms with E-state index in [1.165, 1.54) is 0 Å². The summed E-state index contributed by atoms with van der Waals surface area (Å²) in [5, 5.41) is 1.54. The second kappa shape index (κ2) is 9.28. The fourth-order valence-electron chi connectivity index (χ4n) is 9.82. The second-order valence-corrected chi connectivity index (χ2v) is 17.6. The lowest BCUT2D eigenvalue weighted by atomic mass is 9.78. The molecule has 0 radical (unpaired) electrons. The van der Waals surface area contributed by atoms with Gasteiger partial charge < -0.3 is 9.79 Å². The van der Waals surface area contributed by atoms with Gasteiger partial charge in [-0.15, -0.1) is 9.34 Å². The highest BCUT2D eigenvalue weighted by molar-refractivity contribution is 7.70. The van der Waals surface area contributed by atoms with Crippen LogP contribution >= 0.6 is 15.7 Å². The van der Waals surface area contributed by atoms with Crippen LogP contribution in [0.4, 0.5) is 0 Å². The summed E-state index contributed by atoms with van der Waals surface area (Å²) >= 11 is 0. The zero-order chi connectivity index (χ0) is 26.3. The Morgan fingerprint density at radius 2 is 1.00 bits per heavy atom. The fraction of sp³-hybridized carbons (Fsp3) is 0.613. The minimum Gasteiger partial charge on any atom is -0.637 e. The quantitative estimate of drug-likeness (QED) is 0.501. The third kappa shape index (κ3) is 3.56. The van der Waals surface area contributed by atoms with E-state index in [-0.39, 0.29) is 35.1 Å². The third-order valence-corrected chi connectivity index (χ3v) is 16.6. The average molecular weight is 567 g/mol. The van der Waals surface area contributed by atoms with Gasteiger partial charge in [0.25, 0.3) is 0 Å². The van der Waals surface area contributed by atoms with E-state index in [4.69, 9.17) is 9.05 Å². The Labute approximate surface area is 233 Å². The summed E-state index contributed by atoms with van der Waals surface area (Å²) in [6, 6.07) is 20.1. The Morgan fingerprint density at radius 1 is 0.615 bits per heavy atom. The molecule has 2 aliphatic heterocycles. The number of hydrogen-bond donors (Lipinski definition) is 0. The summed E-state index contributed by atoms with van der Waals surface area (Å²) in [7, 11) is -6.77. The van der Waals surface area contributed by atoms with Gasteiger partial charge >= 0.3 is 0 Å². The van der Waals surface area contributed by atoms with Gasteiger partial charge in [-0.2, -0.15) is 0 Å². The molecule has 4 saturated carbocycles. The fourth-order valence-corrected chi connectivity index (χ4v) is 15.5. The molecule has 4 aliphatic carbocycles. The second-order valence-electron chi connectivity index (χ2n) is 13.0. The van der Waals surface area contributed by atoms with Gasteiger partial charge in [0.1, 0.15) is 29.5 Å². The zero-order valence-electron chi connectivity index (χ0n) is 22.7. The smallest absolute Gasteiger partial charge is 0.209 e. The number of nitrogens with zero attached hydrogens (tertiary/aromatic N) is 2. The van der Waals surface area contributed by atoms with Gasteiger partial charge in [-0.05, 0) is 88.5 Å². The first-order chi connectivity index (χ1) is 19.0. The SMILES string of the molecule is [O-][P+]1(c2ccccc2)O[C@H]2CCCC23CCC[C@H]3N1CN1[C@@H]2CCCC23CCC[C@@H]3O[P+]1([O-])c1ccccc1. The Kier molecular flexibility index (Phi) is 6.13. The molecule has 0 N–H and O–H groups in total. The lowest BCUT2D eigenvalue weighted by Gasteiger charge is -2.58. The van der Waals surface area contributed by atoms with Gasteiger partial charge in [-0.25, -0.2) is 9.05 Å². The van der Waals surface area contributed by atoms with Crippen molar-refractivity contribution in [3.8, 4) is 0 Å². The molecule has 0 bridgehead atoms. The molecule has 2 saturated heterocycles. The predicted octanol–water partition coefficient (Wildman–Crippen LogP) is 4.69. The van der Waals surface area contributed by atoms with Gasteiger partial charge in [0.2, 0.25) is 15.7 Å². The molecule has 208 valence electrons. The van der Waals surface area contributed by atoms with Crippen molar-refractivity contribution in [3.05, 3.63) is 60.7 Å². The highest BCUT2D eigenvalue weighted by Crippen LogP contribution is 2.74. The Hall–Kier alpha value is -0.940. The molecule has 2 aromatic carbocycles. The van der Waals surface area contributed by atoms with Crippen molar-refractivity contribution in [1.29, 1.82) is 0 Å². The molecule has 2 heterocycles. The average Bonchev–Trinajstić information content (AvgIpc) is 3.76. The van der Waals surface area contributed by atoms with Gasteiger partial charge in [0.15, 0.2) is 0 Å². The molecule has 6 aliphatic rings. The minimum absolute atomic E-state index is 0.0443. The van der Waals surface area contributed by atoms with E-state index in [1.54, 1.807) is 0 Å². The summed E-state index contributed by atoms with van der Waals surface area (Å²) in [4.78, 5) is 30.7. The maximum atomic E-state index is 15.3. The van der Waals surface area contributed by atoms with E-state index < -0.39 is 15.7 Å². The molecule has 6 fully saturated rings. The van der Waals surface area contributed by atoms with Crippen molar-refractivity contribution in [2.75, 3.05) is 6.67 Å². The monoisotopic (exact) mass is 566 g/mol. The van der Waals surface area contributed by atoms with Crippen LogP contribution in [0.15, 0.2) is 60.7 Å². The lowest BCUT2D eigenvalue weighted by Crippen LogP contribution is -2.65. The van der Waals surface area contributed by atoms with Crippen LogP contribution in [0, 0.1) is 10.8 Å². The molecule has 8 heteroatoms. The maximum absolute atomic E-state index is 15.3. The van der Waals surface area contributed by atoms with Crippen LogP contribution in [-0.4, -0.2) is 40.3 Å². The molecule has 0 amide bonds. The first-order valence-corrected chi connectivity index (χ1v) is 18.4. The Bertz CT molecular complexity index is 1120. The molecular weight excluding hydrogens is 526 g/mol. The molecule has 4 unspecified atom stereocenters. The van der Waals surface area contributed by atoms with Crippen LogP contribution in [0.25, 0.3) is 0 Å². The van der Waals surface area contributed by atoms with Crippen LogP contribution in [0.2, 0.25) is 0 Å². The van der Waals surface area contributed by atoms with Crippen molar-refractivity contribution in [1.82, 2.24) is 9.34 Å². The predicted molar refractivity (Wildman–Crippen MR) is 152 cm³/mol. The van der Waals surface area contributed by atoms with E-state index in [0.29, 0.717) is 6.67 Å². The molecule has 2 spiro atoms. The molecular formula is C31H40N2O4P2. The van der Waals surface area contributed by atoms with Gasteiger partial charge in [-0.3, -0.25) is 0 Å². The molecule has 39 heavy (non-hydrogen) atoms. The maximum Gasteiger partial charge on any atom is 0.209 e. The normalized spacial score (nSPS) is 45.6. The van der Waals surface area contributed by atoms with E-state index in [9.17, 15) is 0 Å². The number of benzene rings is 2. The standard InChI is InChI=1S/C31H40N2O4P2/c34-38(24-11-3-1-4-12-24)32(26-15-7-19-30(26)21-9-17-28(30)36-38)23-33-27-16-8-20-31(27)22-10-18-29(31)37-39(33,35)25-13-5-2-6-14-25/h1-6,11-14,26-29H,7-10,15-23H2/t26-,27-,28+,29+,30?,31?,38?,39?/m1/s1. The van der Waals surface area contributed by atoms with E-state index in [1.807, 2.05) is 60.7 Å². The summed E-state index contributed by atoms with van der Waals surface area (Å²) in [5.74, 6) is 0. The first-order valence-electron chi connectivity index (χ1n) is 15.2. The van der Waals surface area contributed by atoms with Gasteiger partial charge in [0, 0.05) is 10.8 Å². The molecule has 8 rings (SSSR count). The van der Waals surface area contributed by atoms with Gasteiger partial charge in [-0.1, -0.05) is 49.2 Å². The van der Waals surface area contributed by atoms with Gasteiger partial charge in [0.05, 0.1) is 12.1 Å². The summed E-state index contributed by atoms with van der Waals surface area (Å²) in [5.41, 5.74) is 0.110. The van der Waals surface area contributed by atoms with Crippen molar-refractivity contribution in [3.63, 3.8) is 0 Å². The van der Waals surface area contributed by atoms with Crippen LogP contribution < -0.4 is 20.4 Å². The third-order valence-electron chi connectivity index (χ3n) is 11.5. The van der Waals surface area contributed by atoms with Crippen molar-refractivity contribution >= 4 is 26.3 Å². The minimum atomic E-state index is -3.39. The molecule has 8 atom stereocenters. The number of hydrogen-bond acceptors (Lipinski definition) is 6. The highest BCUT2D eigenvalue weighted by Gasteiger charge is 2.70. The van der Waals surface area contributed by atoms with Crippen LogP contribution in [-0.2, 0) is 9.05 Å². The highest BCUT2D eigenvalue weighted by atomic mass is 31.2. The molecule has 6 nitrogen and oxygen atoms in total. The first kappa shape index (κ1) is 25.7.